The fourth-order valence-electron chi connectivity index (χ4n) is 4.83. The number of aliphatic hydroxyl groups is 1. The van der Waals surface area contributed by atoms with Gasteiger partial charge in [0.05, 0.1) is 42.1 Å². The number of carbonyl (C=O) groups excluding carboxylic acids is 3. The van der Waals surface area contributed by atoms with Crippen LogP contribution in [0.4, 0.5) is 0 Å². The lowest BCUT2D eigenvalue weighted by atomic mass is 9.94. The van der Waals surface area contributed by atoms with E-state index >= 15 is 0 Å². The van der Waals surface area contributed by atoms with Gasteiger partial charge in [0.1, 0.15) is 17.3 Å². The molecule has 1 atom stereocenters. The van der Waals surface area contributed by atoms with Crippen LogP contribution in [0.15, 0.2) is 72.3 Å². The van der Waals surface area contributed by atoms with Crippen LogP contribution in [0.5, 0.6) is 11.5 Å². The Morgan fingerprint density at radius 3 is 2.29 bits per heavy atom. The second-order valence-electron chi connectivity index (χ2n) is 10.0. The van der Waals surface area contributed by atoms with Crippen molar-refractivity contribution in [3.8, 4) is 11.5 Å². The number of aryl methyl sites for hydroxylation is 1. The summed E-state index contributed by atoms with van der Waals surface area (Å²) in [7, 11) is 0. The summed E-state index contributed by atoms with van der Waals surface area (Å²) < 4.78 is 16.6. The molecule has 1 N–H and O–H groups in total. The third-order valence-electron chi connectivity index (χ3n) is 6.60. The van der Waals surface area contributed by atoms with Crippen molar-refractivity contribution in [1.29, 1.82) is 0 Å². The van der Waals surface area contributed by atoms with Crippen LogP contribution in [-0.4, -0.2) is 47.0 Å². The minimum atomic E-state index is -0.846. The molecule has 3 aromatic rings. The van der Waals surface area contributed by atoms with E-state index < -0.39 is 23.7 Å². The highest BCUT2D eigenvalue weighted by Crippen LogP contribution is 2.42. The monoisotopic (exact) mass is 557 g/mol. The van der Waals surface area contributed by atoms with Crippen LogP contribution in [0.25, 0.3) is 5.76 Å². The van der Waals surface area contributed by atoms with Crippen LogP contribution in [0, 0.1) is 6.92 Å². The second kappa shape index (κ2) is 12.7. The number of ketones is 1. The smallest absolute Gasteiger partial charge is 0.338 e. The SMILES string of the molecule is CCOc1ccc(/C(O)=C2/C(=O)C(=O)N(Cc3ccc(C(=O)OC(C)C)cc3)C2c2cccc(C)c2)c(OCC)c1. The largest absolute Gasteiger partial charge is 0.507 e. The molecule has 3 aromatic carbocycles. The summed E-state index contributed by atoms with van der Waals surface area (Å²) >= 11 is 0. The number of nitrogens with zero attached hydrogens (tertiary/aromatic N) is 1. The first-order valence-electron chi connectivity index (χ1n) is 13.7. The Balaban J connectivity index is 1.79. The fraction of sp³-hybridized carbons (Fsp3) is 0.303. The maximum atomic E-state index is 13.5. The minimum Gasteiger partial charge on any atom is -0.507 e. The van der Waals surface area contributed by atoms with Crippen LogP contribution in [0.1, 0.15) is 66.3 Å². The summed E-state index contributed by atoms with van der Waals surface area (Å²) in [4.78, 5) is 40.7. The number of esters is 1. The number of likely N-dealkylation sites (tertiary alicyclic amines) is 1. The summed E-state index contributed by atoms with van der Waals surface area (Å²) in [6, 6.07) is 18.3. The number of aliphatic hydroxyl groups excluding tert-OH is 1. The van der Waals surface area contributed by atoms with Gasteiger partial charge in [0.15, 0.2) is 0 Å². The van der Waals surface area contributed by atoms with Crippen molar-refractivity contribution in [2.45, 2.75) is 53.3 Å². The van der Waals surface area contributed by atoms with Gasteiger partial charge >= 0.3 is 5.97 Å². The topological polar surface area (TPSA) is 102 Å². The van der Waals surface area contributed by atoms with E-state index in [4.69, 9.17) is 14.2 Å². The summed E-state index contributed by atoms with van der Waals surface area (Å²) in [6.07, 6.45) is -0.248. The Morgan fingerprint density at radius 1 is 0.951 bits per heavy atom. The molecule has 0 aliphatic carbocycles. The number of amides is 1. The van der Waals surface area contributed by atoms with Crippen molar-refractivity contribution < 1.29 is 33.7 Å². The van der Waals surface area contributed by atoms with E-state index in [0.29, 0.717) is 47.0 Å². The van der Waals surface area contributed by atoms with Gasteiger partial charge in [-0.3, -0.25) is 9.59 Å². The molecule has 1 aliphatic rings. The Bertz CT molecular complexity index is 1470. The Hall–Kier alpha value is -4.59. The van der Waals surface area contributed by atoms with Gasteiger partial charge in [0, 0.05) is 12.6 Å². The lowest BCUT2D eigenvalue weighted by Gasteiger charge is -2.26. The molecule has 0 radical (unpaired) electrons. The number of Topliss-reactive ketones (excluding diaryl/α,β-unsaturated/α-hetero) is 1. The predicted molar refractivity (Wildman–Crippen MR) is 155 cm³/mol. The molecule has 8 heteroatoms. The van der Waals surface area contributed by atoms with Crippen LogP contribution in [0.3, 0.4) is 0 Å². The molecular formula is C33H35NO7. The molecule has 8 nitrogen and oxygen atoms in total. The zero-order valence-corrected chi connectivity index (χ0v) is 24.0. The van der Waals surface area contributed by atoms with Gasteiger partial charge in [-0.05, 0) is 70.0 Å². The molecule has 1 heterocycles. The average molecular weight is 558 g/mol. The third kappa shape index (κ3) is 6.43. The molecule has 4 rings (SSSR count). The van der Waals surface area contributed by atoms with Gasteiger partial charge in [0.2, 0.25) is 0 Å². The molecule has 1 amide bonds. The highest BCUT2D eigenvalue weighted by molar-refractivity contribution is 6.46. The summed E-state index contributed by atoms with van der Waals surface area (Å²) in [6.45, 7) is 10.0. The van der Waals surface area contributed by atoms with Gasteiger partial charge in [-0.2, -0.15) is 0 Å². The van der Waals surface area contributed by atoms with Crippen LogP contribution >= 0.6 is 0 Å². The van der Waals surface area contributed by atoms with E-state index in [1.54, 1.807) is 56.3 Å². The lowest BCUT2D eigenvalue weighted by molar-refractivity contribution is -0.140. The third-order valence-corrected chi connectivity index (χ3v) is 6.60. The molecule has 41 heavy (non-hydrogen) atoms. The second-order valence-corrected chi connectivity index (χ2v) is 10.0. The summed E-state index contributed by atoms with van der Waals surface area (Å²) in [5.74, 6) is -1.38. The first-order chi connectivity index (χ1) is 19.6. The number of carbonyl (C=O) groups is 3. The number of ether oxygens (including phenoxy) is 3. The standard InChI is InChI=1S/C33H35NO7/c1-6-39-25-15-16-26(27(18-25)40-7-2)30(35)28-29(24-10-8-9-21(5)17-24)34(32(37)31(28)36)19-22-11-13-23(14-12-22)33(38)41-20(3)4/h8-18,20,29,35H,6-7,19H2,1-5H3/b30-28-. The predicted octanol–water partition coefficient (Wildman–Crippen LogP) is 5.98. The molecule has 0 bridgehead atoms. The fourth-order valence-corrected chi connectivity index (χ4v) is 4.83. The quantitative estimate of drug-likeness (QED) is 0.142. The van der Waals surface area contributed by atoms with E-state index in [1.165, 1.54) is 4.90 Å². The van der Waals surface area contributed by atoms with Gasteiger partial charge in [-0.1, -0.05) is 42.0 Å². The highest BCUT2D eigenvalue weighted by Gasteiger charge is 2.46. The number of benzene rings is 3. The Kier molecular flexibility index (Phi) is 9.12. The Labute approximate surface area is 240 Å². The van der Waals surface area contributed by atoms with Crippen LogP contribution in [0.2, 0.25) is 0 Å². The van der Waals surface area contributed by atoms with Gasteiger partial charge in [-0.25, -0.2) is 4.79 Å². The van der Waals surface area contributed by atoms with Gasteiger partial charge in [-0.15, -0.1) is 0 Å². The molecule has 214 valence electrons. The van der Waals surface area contributed by atoms with E-state index in [-0.39, 0.29) is 24.0 Å². The normalized spacial score (nSPS) is 16.2. The number of rotatable bonds is 10. The van der Waals surface area contributed by atoms with Crippen molar-refractivity contribution >= 4 is 23.4 Å². The van der Waals surface area contributed by atoms with Gasteiger partial charge in [0.25, 0.3) is 11.7 Å². The van der Waals surface area contributed by atoms with Gasteiger partial charge < -0.3 is 24.2 Å². The van der Waals surface area contributed by atoms with E-state index in [2.05, 4.69) is 0 Å². The molecule has 1 aliphatic heterocycles. The van der Waals surface area contributed by atoms with Crippen molar-refractivity contribution in [3.63, 3.8) is 0 Å². The van der Waals surface area contributed by atoms with E-state index in [0.717, 1.165) is 5.56 Å². The van der Waals surface area contributed by atoms with Crippen molar-refractivity contribution in [2.75, 3.05) is 13.2 Å². The first-order valence-corrected chi connectivity index (χ1v) is 13.7. The maximum Gasteiger partial charge on any atom is 0.338 e. The number of hydrogen-bond acceptors (Lipinski definition) is 7. The molecule has 1 saturated heterocycles. The summed E-state index contributed by atoms with van der Waals surface area (Å²) in [5, 5.41) is 11.6. The number of hydrogen-bond donors (Lipinski definition) is 1. The first kappa shape index (κ1) is 29.4. The maximum absolute atomic E-state index is 13.5. The molecule has 0 spiro atoms. The van der Waals surface area contributed by atoms with Crippen molar-refractivity contribution in [1.82, 2.24) is 4.90 Å². The zero-order valence-electron chi connectivity index (χ0n) is 24.0. The van der Waals surface area contributed by atoms with E-state index in [9.17, 15) is 19.5 Å². The van der Waals surface area contributed by atoms with Crippen molar-refractivity contribution in [2.24, 2.45) is 0 Å². The molecule has 1 fully saturated rings. The van der Waals surface area contributed by atoms with Crippen LogP contribution < -0.4 is 9.47 Å². The van der Waals surface area contributed by atoms with Crippen LogP contribution in [-0.2, 0) is 20.9 Å². The Morgan fingerprint density at radius 2 is 1.66 bits per heavy atom. The summed E-state index contributed by atoms with van der Waals surface area (Å²) in [5.41, 5.74) is 2.99. The molecule has 1 unspecified atom stereocenters. The molecule has 0 aromatic heterocycles. The highest BCUT2D eigenvalue weighted by atomic mass is 16.5. The van der Waals surface area contributed by atoms with E-state index in [1.807, 2.05) is 45.0 Å². The zero-order chi connectivity index (χ0) is 29.7. The average Bonchev–Trinajstić information content (AvgIpc) is 3.18. The minimum absolute atomic E-state index is 0.0251. The molecular weight excluding hydrogens is 522 g/mol. The lowest BCUT2D eigenvalue weighted by Crippen LogP contribution is -2.29. The van der Waals surface area contributed by atoms with Crippen molar-refractivity contribution in [3.05, 3.63) is 100 Å². The molecule has 0 saturated carbocycles.